The number of amides is 2. The Morgan fingerprint density at radius 1 is 0.812 bits per heavy atom. The number of benzene rings is 3. The van der Waals surface area contributed by atoms with E-state index in [0.29, 0.717) is 30.4 Å². The van der Waals surface area contributed by atoms with Crippen molar-refractivity contribution in [3.8, 4) is 17.2 Å². The standard InChI is InChI=1S/C25H22N2O5/c1-30-21-8-5-9-22(17-21)32-15-14-31-20-12-10-18(11-13-20)16-23-24(28)26-27(25(23)29)19-6-3-2-4-7-19/h2-13,16-17H,14-15H2,1H3,(H,26,28)/b23-16-. The number of hydrogen-bond donors (Lipinski definition) is 1. The molecule has 1 aliphatic rings. The minimum Gasteiger partial charge on any atom is -0.497 e. The van der Waals surface area contributed by atoms with Crippen molar-refractivity contribution in [1.82, 2.24) is 5.43 Å². The molecule has 0 aliphatic carbocycles. The summed E-state index contributed by atoms with van der Waals surface area (Å²) in [5.41, 5.74) is 3.99. The van der Waals surface area contributed by atoms with Crippen LogP contribution in [-0.2, 0) is 9.59 Å². The molecule has 1 fully saturated rings. The minimum atomic E-state index is -0.436. The van der Waals surface area contributed by atoms with Crippen molar-refractivity contribution >= 4 is 23.6 Å². The van der Waals surface area contributed by atoms with Gasteiger partial charge in [-0.05, 0) is 48.0 Å². The zero-order chi connectivity index (χ0) is 22.3. The van der Waals surface area contributed by atoms with Crippen molar-refractivity contribution < 1.29 is 23.8 Å². The molecule has 0 atom stereocenters. The lowest BCUT2D eigenvalue weighted by Gasteiger charge is -2.13. The Bertz CT molecular complexity index is 1130. The molecule has 7 nitrogen and oxygen atoms in total. The SMILES string of the molecule is COc1cccc(OCCOc2ccc(/C=C3/C(=O)NN(c4ccccc4)C3=O)cc2)c1. The first kappa shape index (κ1) is 21.0. The number of rotatable bonds is 8. The first-order valence-electron chi connectivity index (χ1n) is 10.1. The number of nitrogens with zero attached hydrogens (tertiary/aromatic N) is 1. The molecule has 0 unspecified atom stereocenters. The number of para-hydroxylation sites is 1. The monoisotopic (exact) mass is 430 g/mol. The lowest BCUT2D eigenvalue weighted by atomic mass is 10.1. The Morgan fingerprint density at radius 3 is 2.22 bits per heavy atom. The summed E-state index contributed by atoms with van der Waals surface area (Å²) in [6, 6.07) is 23.5. The first-order valence-corrected chi connectivity index (χ1v) is 10.1. The molecule has 0 bridgehead atoms. The van der Waals surface area contributed by atoms with Crippen LogP contribution in [0.2, 0.25) is 0 Å². The van der Waals surface area contributed by atoms with Gasteiger partial charge in [-0.15, -0.1) is 0 Å². The normalized spacial score (nSPS) is 14.4. The van der Waals surface area contributed by atoms with Gasteiger partial charge in [0.05, 0.1) is 12.8 Å². The molecule has 1 aliphatic heterocycles. The van der Waals surface area contributed by atoms with Gasteiger partial charge in [0.25, 0.3) is 11.8 Å². The predicted molar refractivity (Wildman–Crippen MR) is 120 cm³/mol. The van der Waals surface area contributed by atoms with Crippen molar-refractivity contribution in [2.24, 2.45) is 0 Å². The third kappa shape index (κ3) is 4.89. The number of nitrogens with one attached hydrogen (secondary N) is 1. The van der Waals surface area contributed by atoms with Crippen LogP contribution in [0.25, 0.3) is 6.08 Å². The highest BCUT2D eigenvalue weighted by Crippen LogP contribution is 2.22. The van der Waals surface area contributed by atoms with Crippen molar-refractivity contribution in [3.63, 3.8) is 0 Å². The Labute approximate surface area is 185 Å². The molecule has 4 rings (SSSR count). The highest BCUT2D eigenvalue weighted by atomic mass is 16.5. The Balaban J connectivity index is 1.33. The zero-order valence-corrected chi connectivity index (χ0v) is 17.5. The molecule has 0 radical (unpaired) electrons. The Morgan fingerprint density at radius 2 is 1.50 bits per heavy atom. The molecule has 0 aromatic heterocycles. The van der Waals surface area contributed by atoms with E-state index in [0.717, 1.165) is 11.3 Å². The lowest BCUT2D eigenvalue weighted by Crippen LogP contribution is -2.35. The summed E-state index contributed by atoms with van der Waals surface area (Å²) in [4.78, 5) is 24.9. The number of hydrazine groups is 1. The molecular formula is C25H22N2O5. The maximum Gasteiger partial charge on any atom is 0.282 e. The fourth-order valence-electron chi connectivity index (χ4n) is 3.15. The van der Waals surface area contributed by atoms with Gasteiger partial charge >= 0.3 is 0 Å². The summed E-state index contributed by atoms with van der Waals surface area (Å²) in [6.07, 6.45) is 1.57. The maximum atomic E-state index is 12.6. The van der Waals surface area contributed by atoms with E-state index < -0.39 is 11.8 Å². The van der Waals surface area contributed by atoms with Crippen LogP contribution < -0.4 is 24.6 Å². The van der Waals surface area contributed by atoms with Crippen molar-refractivity contribution in [1.29, 1.82) is 0 Å². The summed E-state index contributed by atoms with van der Waals surface area (Å²) >= 11 is 0. The van der Waals surface area contributed by atoms with E-state index in [9.17, 15) is 9.59 Å². The van der Waals surface area contributed by atoms with Crippen molar-refractivity contribution in [3.05, 3.63) is 90.0 Å². The fourth-order valence-corrected chi connectivity index (χ4v) is 3.15. The molecule has 32 heavy (non-hydrogen) atoms. The quantitative estimate of drug-likeness (QED) is 0.336. The highest BCUT2D eigenvalue weighted by molar-refractivity contribution is 6.31. The summed E-state index contributed by atoms with van der Waals surface area (Å²) in [7, 11) is 1.61. The third-order valence-electron chi connectivity index (χ3n) is 4.76. The van der Waals surface area contributed by atoms with Crippen LogP contribution in [-0.4, -0.2) is 32.1 Å². The van der Waals surface area contributed by atoms with E-state index in [1.807, 2.05) is 30.3 Å². The second kappa shape index (κ2) is 9.70. The number of anilines is 1. The van der Waals surface area contributed by atoms with Gasteiger partial charge < -0.3 is 14.2 Å². The van der Waals surface area contributed by atoms with E-state index in [4.69, 9.17) is 14.2 Å². The van der Waals surface area contributed by atoms with Gasteiger partial charge in [-0.2, -0.15) is 0 Å². The number of carbonyl (C=O) groups is 2. The highest BCUT2D eigenvalue weighted by Gasteiger charge is 2.34. The average Bonchev–Trinajstić information content (AvgIpc) is 3.12. The summed E-state index contributed by atoms with van der Waals surface area (Å²) < 4.78 is 16.5. The Kier molecular flexibility index (Phi) is 6.36. The summed E-state index contributed by atoms with van der Waals surface area (Å²) in [5, 5.41) is 1.24. The van der Waals surface area contributed by atoms with Crippen molar-refractivity contribution in [2.75, 3.05) is 25.3 Å². The fraction of sp³-hybridized carbons (Fsp3) is 0.120. The van der Waals surface area contributed by atoms with Crippen LogP contribution in [0.3, 0.4) is 0 Å². The van der Waals surface area contributed by atoms with Crippen molar-refractivity contribution in [2.45, 2.75) is 0 Å². The average molecular weight is 430 g/mol. The molecule has 162 valence electrons. The van der Waals surface area contributed by atoms with Gasteiger partial charge in [-0.25, -0.2) is 5.01 Å². The van der Waals surface area contributed by atoms with E-state index in [1.54, 1.807) is 61.7 Å². The van der Waals surface area contributed by atoms with Crippen LogP contribution in [0.15, 0.2) is 84.4 Å². The number of hydrogen-bond acceptors (Lipinski definition) is 5. The minimum absolute atomic E-state index is 0.0780. The first-order chi connectivity index (χ1) is 15.6. The second-order valence-electron chi connectivity index (χ2n) is 6.92. The molecule has 3 aromatic rings. The third-order valence-corrected chi connectivity index (χ3v) is 4.76. The van der Waals surface area contributed by atoms with Gasteiger partial charge in [-0.1, -0.05) is 36.4 Å². The molecule has 3 aromatic carbocycles. The molecule has 1 N–H and O–H groups in total. The topological polar surface area (TPSA) is 77.1 Å². The number of carbonyl (C=O) groups excluding carboxylic acids is 2. The van der Waals surface area contributed by atoms with E-state index in [2.05, 4.69) is 5.43 Å². The molecule has 1 saturated heterocycles. The lowest BCUT2D eigenvalue weighted by molar-refractivity contribution is -0.117. The van der Waals surface area contributed by atoms with Gasteiger partial charge in [0.1, 0.15) is 36.0 Å². The maximum absolute atomic E-state index is 12.6. The van der Waals surface area contributed by atoms with Crippen LogP contribution >= 0.6 is 0 Å². The second-order valence-corrected chi connectivity index (χ2v) is 6.92. The summed E-state index contributed by atoms with van der Waals surface area (Å²) in [6.45, 7) is 0.744. The van der Waals surface area contributed by atoms with E-state index in [1.165, 1.54) is 5.01 Å². The molecule has 0 saturated carbocycles. The van der Waals surface area contributed by atoms with Crippen LogP contribution in [0.5, 0.6) is 17.2 Å². The largest absolute Gasteiger partial charge is 0.497 e. The van der Waals surface area contributed by atoms with Crippen LogP contribution in [0.1, 0.15) is 5.56 Å². The van der Waals surface area contributed by atoms with Gasteiger partial charge in [-0.3, -0.25) is 15.0 Å². The zero-order valence-electron chi connectivity index (χ0n) is 17.5. The van der Waals surface area contributed by atoms with Crippen LogP contribution in [0, 0.1) is 0 Å². The summed E-state index contributed by atoms with van der Waals surface area (Å²) in [5.74, 6) is 1.27. The molecule has 2 amide bonds. The molecule has 1 heterocycles. The predicted octanol–water partition coefficient (Wildman–Crippen LogP) is 3.61. The number of ether oxygens (including phenoxy) is 3. The Hall–Kier alpha value is -4.26. The molecule has 0 spiro atoms. The molecule has 7 heteroatoms. The molecular weight excluding hydrogens is 408 g/mol. The van der Waals surface area contributed by atoms with Gasteiger partial charge in [0.2, 0.25) is 0 Å². The van der Waals surface area contributed by atoms with E-state index >= 15 is 0 Å². The number of methoxy groups -OCH3 is 1. The van der Waals surface area contributed by atoms with Gasteiger partial charge in [0, 0.05) is 6.07 Å². The smallest absolute Gasteiger partial charge is 0.282 e. The van der Waals surface area contributed by atoms with Gasteiger partial charge in [0.15, 0.2) is 0 Å². The van der Waals surface area contributed by atoms with Crippen LogP contribution in [0.4, 0.5) is 5.69 Å². The van der Waals surface area contributed by atoms with E-state index in [-0.39, 0.29) is 5.57 Å².